The van der Waals surface area contributed by atoms with Gasteiger partial charge in [-0.05, 0) is 36.8 Å². The van der Waals surface area contributed by atoms with Gasteiger partial charge in [-0.2, -0.15) is 11.8 Å². The summed E-state index contributed by atoms with van der Waals surface area (Å²) in [4.78, 5) is 0.341. The SMILES string of the molecule is CSC1(CNS(=O)(=O)c2ccc(CBr)cc2)CCC1. The van der Waals surface area contributed by atoms with Gasteiger partial charge in [-0.15, -0.1) is 0 Å². The third kappa shape index (κ3) is 3.54. The average Bonchev–Trinajstić information content (AvgIpc) is 2.38. The first-order chi connectivity index (χ1) is 9.01. The van der Waals surface area contributed by atoms with Gasteiger partial charge in [0, 0.05) is 16.6 Å². The van der Waals surface area contributed by atoms with E-state index < -0.39 is 10.0 Å². The zero-order valence-corrected chi connectivity index (χ0v) is 14.1. The molecular weight excluding hydrogens is 346 g/mol. The third-order valence-electron chi connectivity index (χ3n) is 3.67. The Morgan fingerprint density at radius 1 is 1.32 bits per heavy atom. The lowest BCUT2D eigenvalue weighted by Gasteiger charge is -2.40. The molecule has 0 bridgehead atoms. The van der Waals surface area contributed by atoms with Gasteiger partial charge in [0.25, 0.3) is 0 Å². The molecule has 1 N–H and O–H groups in total. The fraction of sp³-hybridized carbons (Fsp3) is 0.538. The summed E-state index contributed by atoms with van der Waals surface area (Å²) in [5.41, 5.74) is 1.07. The molecule has 0 unspecified atom stereocenters. The number of alkyl halides is 1. The van der Waals surface area contributed by atoms with Crippen LogP contribution in [0.2, 0.25) is 0 Å². The number of nitrogens with one attached hydrogen (secondary N) is 1. The molecule has 2 rings (SSSR count). The Kier molecular flexibility index (Phi) is 4.98. The summed E-state index contributed by atoms with van der Waals surface area (Å²) in [5.74, 6) is 0. The van der Waals surface area contributed by atoms with Gasteiger partial charge < -0.3 is 0 Å². The van der Waals surface area contributed by atoms with Crippen LogP contribution in [0.1, 0.15) is 24.8 Å². The van der Waals surface area contributed by atoms with E-state index in [2.05, 4.69) is 26.9 Å². The van der Waals surface area contributed by atoms with E-state index in [0.29, 0.717) is 11.4 Å². The van der Waals surface area contributed by atoms with Crippen molar-refractivity contribution in [3.63, 3.8) is 0 Å². The highest BCUT2D eigenvalue weighted by Gasteiger charge is 2.37. The van der Waals surface area contributed by atoms with E-state index >= 15 is 0 Å². The standard InChI is InChI=1S/C13H18BrNO2S2/c1-18-13(7-2-8-13)10-15-19(16,17)12-5-3-11(9-14)4-6-12/h3-6,15H,2,7-10H2,1H3. The Balaban J connectivity index is 2.05. The van der Waals surface area contributed by atoms with Crippen LogP contribution in [0, 0.1) is 0 Å². The van der Waals surface area contributed by atoms with Gasteiger partial charge in [0.15, 0.2) is 0 Å². The van der Waals surface area contributed by atoms with Crippen LogP contribution < -0.4 is 4.72 Å². The molecule has 6 heteroatoms. The lowest BCUT2D eigenvalue weighted by molar-refractivity contribution is 0.362. The molecule has 0 radical (unpaired) electrons. The first-order valence-corrected chi connectivity index (χ1v) is 10.0. The van der Waals surface area contributed by atoms with E-state index in [0.717, 1.165) is 23.7 Å². The maximum Gasteiger partial charge on any atom is 0.240 e. The molecule has 1 aromatic carbocycles. The van der Waals surface area contributed by atoms with Crippen molar-refractivity contribution in [2.24, 2.45) is 0 Å². The first kappa shape index (κ1) is 15.4. The second-order valence-electron chi connectivity index (χ2n) is 4.84. The minimum absolute atomic E-state index is 0.114. The summed E-state index contributed by atoms with van der Waals surface area (Å²) in [6.45, 7) is 0.524. The smallest absolute Gasteiger partial charge is 0.210 e. The Morgan fingerprint density at radius 2 is 1.95 bits per heavy atom. The summed E-state index contributed by atoms with van der Waals surface area (Å²) < 4.78 is 27.3. The molecular formula is C13H18BrNO2S2. The number of rotatable bonds is 6. The Labute approximate surface area is 127 Å². The van der Waals surface area contributed by atoms with Crippen LogP contribution in [0.4, 0.5) is 0 Å². The summed E-state index contributed by atoms with van der Waals surface area (Å²) in [6.07, 6.45) is 5.44. The van der Waals surface area contributed by atoms with E-state index in [1.807, 2.05) is 12.1 Å². The highest BCUT2D eigenvalue weighted by atomic mass is 79.9. The van der Waals surface area contributed by atoms with Gasteiger partial charge in [0.2, 0.25) is 10.0 Å². The topological polar surface area (TPSA) is 46.2 Å². The zero-order chi connectivity index (χ0) is 13.9. The molecule has 1 fully saturated rings. The molecule has 0 aromatic heterocycles. The van der Waals surface area contributed by atoms with Crippen LogP contribution in [0.25, 0.3) is 0 Å². The van der Waals surface area contributed by atoms with E-state index in [1.165, 1.54) is 6.42 Å². The van der Waals surface area contributed by atoms with Crippen LogP contribution in [-0.2, 0) is 15.4 Å². The predicted molar refractivity (Wildman–Crippen MR) is 84.4 cm³/mol. The molecule has 1 aromatic rings. The molecule has 0 amide bonds. The van der Waals surface area contributed by atoms with Crippen LogP contribution in [0.5, 0.6) is 0 Å². The van der Waals surface area contributed by atoms with Crippen LogP contribution in [-0.4, -0.2) is 26.0 Å². The predicted octanol–water partition coefficient (Wildman–Crippen LogP) is 3.15. The summed E-state index contributed by atoms with van der Waals surface area (Å²) in [6, 6.07) is 6.98. The van der Waals surface area contributed by atoms with Crippen LogP contribution in [0.15, 0.2) is 29.2 Å². The van der Waals surface area contributed by atoms with Crippen molar-refractivity contribution in [2.75, 3.05) is 12.8 Å². The zero-order valence-electron chi connectivity index (χ0n) is 10.9. The van der Waals surface area contributed by atoms with Gasteiger partial charge in [-0.25, -0.2) is 13.1 Å². The minimum Gasteiger partial charge on any atom is -0.210 e. The number of hydrogen-bond donors (Lipinski definition) is 1. The second-order valence-corrected chi connectivity index (χ2v) is 8.44. The molecule has 0 aliphatic heterocycles. The summed E-state index contributed by atoms with van der Waals surface area (Å²) >= 11 is 5.12. The van der Waals surface area contributed by atoms with Gasteiger partial charge >= 0.3 is 0 Å². The van der Waals surface area contributed by atoms with E-state index in [4.69, 9.17) is 0 Å². The molecule has 0 atom stereocenters. The molecule has 0 saturated heterocycles. The molecule has 3 nitrogen and oxygen atoms in total. The Hall–Kier alpha value is -0.0400. The number of sulfonamides is 1. The van der Waals surface area contributed by atoms with Crippen LogP contribution >= 0.6 is 27.7 Å². The number of halogens is 1. The van der Waals surface area contributed by atoms with Gasteiger partial charge in [0.1, 0.15) is 0 Å². The highest BCUT2D eigenvalue weighted by molar-refractivity contribution is 9.08. The maximum atomic E-state index is 12.2. The average molecular weight is 364 g/mol. The van der Waals surface area contributed by atoms with Gasteiger partial charge in [-0.1, -0.05) is 34.5 Å². The summed E-state index contributed by atoms with van der Waals surface area (Å²) in [7, 11) is -3.38. The van der Waals surface area contributed by atoms with Crippen molar-refractivity contribution in [2.45, 2.75) is 34.2 Å². The van der Waals surface area contributed by atoms with Crippen molar-refractivity contribution in [1.82, 2.24) is 4.72 Å². The fourth-order valence-corrected chi connectivity index (χ4v) is 4.60. The van der Waals surface area contributed by atoms with E-state index in [1.54, 1.807) is 23.9 Å². The maximum absolute atomic E-state index is 12.2. The van der Waals surface area contributed by atoms with Crippen LogP contribution in [0.3, 0.4) is 0 Å². The van der Waals surface area contributed by atoms with Crippen molar-refractivity contribution in [1.29, 1.82) is 0 Å². The summed E-state index contributed by atoms with van der Waals surface area (Å²) in [5, 5.41) is 0.732. The number of thioether (sulfide) groups is 1. The van der Waals surface area contributed by atoms with Crippen molar-refractivity contribution >= 4 is 37.7 Å². The Bertz CT molecular complexity index is 519. The normalized spacial score (nSPS) is 18.0. The lowest BCUT2D eigenvalue weighted by atomic mass is 9.84. The minimum atomic E-state index is -3.38. The largest absolute Gasteiger partial charge is 0.240 e. The van der Waals surface area contributed by atoms with Gasteiger partial charge in [0.05, 0.1) is 4.90 Å². The van der Waals surface area contributed by atoms with Crippen molar-refractivity contribution in [3.8, 4) is 0 Å². The fourth-order valence-electron chi connectivity index (χ4n) is 2.09. The molecule has 1 saturated carbocycles. The third-order valence-corrected chi connectivity index (χ3v) is 7.15. The molecule has 19 heavy (non-hydrogen) atoms. The van der Waals surface area contributed by atoms with Crippen molar-refractivity contribution in [3.05, 3.63) is 29.8 Å². The van der Waals surface area contributed by atoms with Crippen molar-refractivity contribution < 1.29 is 8.42 Å². The molecule has 1 aliphatic carbocycles. The second kappa shape index (κ2) is 6.16. The quantitative estimate of drug-likeness (QED) is 0.789. The van der Waals surface area contributed by atoms with E-state index in [-0.39, 0.29) is 4.75 Å². The molecule has 106 valence electrons. The number of hydrogen-bond acceptors (Lipinski definition) is 3. The van der Waals surface area contributed by atoms with Gasteiger partial charge in [-0.3, -0.25) is 0 Å². The Morgan fingerprint density at radius 3 is 2.37 bits per heavy atom. The lowest BCUT2D eigenvalue weighted by Crippen LogP contribution is -2.45. The highest BCUT2D eigenvalue weighted by Crippen LogP contribution is 2.42. The first-order valence-electron chi connectivity index (χ1n) is 6.21. The molecule has 0 spiro atoms. The molecule has 1 aliphatic rings. The van der Waals surface area contributed by atoms with E-state index in [9.17, 15) is 8.42 Å². The molecule has 0 heterocycles. The number of benzene rings is 1. The monoisotopic (exact) mass is 363 g/mol.